The van der Waals surface area contributed by atoms with Gasteiger partial charge in [0.2, 0.25) is 0 Å². The molecule has 2 heterocycles. The standard InChI is InChI=1S/C42H26N2O2/c1-2-12-30-29(11-1)33-25-27(43-35-13-3-7-17-39(35)45-40-18-8-4-14-36(40)43)21-23-31(33)32-24-22-28(26-34(30)32)44-37-15-5-9-19-41(37)46-42-20-10-6-16-38(42)44/h1-26H/i3D,4D,5D,6D,7D,8D,9D,10D,13D,14D,15D,16D,17D,18D,19D,20D. The lowest BCUT2D eigenvalue weighted by atomic mass is 9.93. The molecule has 0 unspecified atom stereocenters. The first-order valence-electron chi connectivity index (χ1n) is 22.2. The molecule has 0 saturated heterocycles. The molecule has 216 valence electrons. The Morgan fingerprint density at radius 3 is 1.07 bits per heavy atom. The summed E-state index contributed by atoms with van der Waals surface area (Å²) >= 11 is 0. The molecule has 0 radical (unpaired) electrons. The average molecular weight is 607 g/mol. The Kier molecular flexibility index (Phi) is 2.98. The first kappa shape index (κ1) is 14.2. The van der Waals surface area contributed by atoms with Gasteiger partial charge >= 0.3 is 0 Å². The highest BCUT2D eigenvalue weighted by molar-refractivity contribution is 6.26. The number of hydrogen-bond acceptors (Lipinski definition) is 4. The van der Waals surface area contributed by atoms with E-state index in [4.69, 9.17) is 31.4 Å². The molecule has 4 nitrogen and oxygen atoms in total. The van der Waals surface area contributed by atoms with Gasteiger partial charge in [-0.2, -0.15) is 0 Å². The molecule has 0 N–H and O–H groups in total. The fraction of sp³-hybridized carbons (Fsp3) is 0. The number of benzene rings is 8. The Labute approximate surface area is 288 Å². The predicted molar refractivity (Wildman–Crippen MR) is 188 cm³/mol. The van der Waals surface area contributed by atoms with Crippen molar-refractivity contribution in [2.24, 2.45) is 0 Å². The summed E-state index contributed by atoms with van der Waals surface area (Å²) in [7, 11) is 0. The highest BCUT2D eigenvalue weighted by Gasteiger charge is 2.27. The van der Waals surface area contributed by atoms with Gasteiger partial charge in [-0.1, -0.05) is 84.7 Å². The minimum Gasteiger partial charge on any atom is -0.453 e. The van der Waals surface area contributed by atoms with Crippen molar-refractivity contribution in [3.05, 3.63) is 157 Å². The number of hydrogen-bond donors (Lipinski definition) is 0. The third-order valence-corrected chi connectivity index (χ3v) is 8.16. The maximum Gasteiger partial charge on any atom is 0.151 e. The van der Waals surface area contributed by atoms with Crippen LogP contribution in [0, 0.1) is 0 Å². The molecule has 0 atom stereocenters. The monoisotopic (exact) mass is 606 g/mol. The summed E-state index contributed by atoms with van der Waals surface area (Å²) in [5.41, 5.74) is -0.00266. The molecule has 0 aromatic heterocycles. The zero-order chi connectivity index (χ0) is 44.1. The summed E-state index contributed by atoms with van der Waals surface area (Å²) in [5.74, 6) is -1.26. The Bertz CT molecular complexity index is 3030. The van der Waals surface area contributed by atoms with Crippen molar-refractivity contribution in [1.82, 2.24) is 0 Å². The summed E-state index contributed by atoms with van der Waals surface area (Å²) in [5, 5.41) is 4.08. The van der Waals surface area contributed by atoms with E-state index >= 15 is 0 Å². The largest absolute Gasteiger partial charge is 0.453 e. The lowest BCUT2D eigenvalue weighted by Gasteiger charge is -2.33. The van der Waals surface area contributed by atoms with Crippen LogP contribution in [0.15, 0.2) is 157 Å². The van der Waals surface area contributed by atoms with Crippen molar-refractivity contribution in [3.8, 4) is 23.0 Å². The maximum absolute atomic E-state index is 8.94. The highest BCUT2D eigenvalue weighted by Crippen LogP contribution is 2.53. The normalized spacial score (nSPS) is 17.9. The second kappa shape index (κ2) is 9.62. The van der Waals surface area contributed by atoms with E-state index in [0.717, 1.165) is 0 Å². The van der Waals surface area contributed by atoms with E-state index < -0.39 is 96.7 Å². The fourth-order valence-electron chi connectivity index (χ4n) is 6.26. The zero-order valence-corrected chi connectivity index (χ0v) is 23.5. The van der Waals surface area contributed by atoms with Crippen LogP contribution in [0.25, 0.3) is 32.3 Å². The quantitative estimate of drug-likeness (QED) is 0.183. The van der Waals surface area contributed by atoms with E-state index in [9.17, 15) is 0 Å². The van der Waals surface area contributed by atoms with Gasteiger partial charge in [0, 0.05) is 11.4 Å². The Balaban J connectivity index is 1.25. The number of rotatable bonds is 2. The Morgan fingerprint density at radius 1 is 0.370 bits per heavy atom. The van der Waals surface area contributed by atoms with E-state index in [2.05, 4.69) is 0 Å². The van der Waals surface area contributed by atoms with Gasteiger partial charge in [0.15, 0.2) is 23.0 Å². The van der Waals surface area contributed by atoms with Crippen molar-refractivity contribution in [3.63, 3.8) is 0 Å². The Hall–Kier alpha value is -6.26. The first-order chi connectivity index (χ1) is 29.5. The van der Waals surface area contributed by atoms with E-state index in [1.807, 2.05) is 24.3 Å². The topological polar surface area (TPSA) is 24.9 Å². The number of fused-ring (bicyclic) bond motifs is 10. The van der Waals surface area contributed by atoms with Crippen molar-refractivity contribution in [2.45, 2.75) is 0 Å². The highest BCUT2D eigenvalue weighted by atomic mass is 16.5. The minimum atomic E-state index is -0.585. The predicted octanol–water partition coefficient (Wildman–Crippen LogP) is 12.3. The number of nitrogens with zero attached hydrogens (tertiary/aromatic N) is 2. The average Bonchev–Trinajstić information content (AvgIpc) is 3.29. The van der Waals surface area contributed by atoms with Gasteiger partial charge in [-0.15, -0.1) is 0 Å². The maximum atomic E-state index is 8.94. The van der Waals surface area contributed by atoms with Crippen LogP contribution in [-0.4, -0.2) is 0 Å². The van der Waals surface area contributed by atoms with Crippen molar-refractivity contribution >= 4 is 66.4 Å². The molecule has 4 heteroatoms. The fourth-order valence-corrected chi connectivity index (χ4v) is 6.26. The third-order valence-electron chi connectivity index (χ3n) is 8.16. The SMILES string of the molecule is [2H]c1c([2H])c([2H])c2c(c1[2H])Oc1c([2H])c([2H])c([2H])c([2H])c1N2c1ccc2c3ccc(N4c5c([2H])c([2H])c([2H])c([2H])c5Oc5c([2H])c([2H])c([2H])c([2H])c54)cc3c3ccccc3c2c1. The summed E-state index contributed by atoms with van der Waals surface area (Å²) < 4.78 is 150. The molecule has 46 heavy (non-hydrogen) atoms. The van der Waals surface area contributed by atoms with Crippen LogP contribution in [0.2, 0.25) is 0 Å². The molecule has 0 aliphatic carbocycles. The number of para-hydroxylation sites is 8. The second-order valence-electron chi connectivity index (χ2n) is 10.6. The molecule has 8 aromatic rings. The second-order valence-corrected chi connectivity index (χ2v) is 10.6. The van der Waals surface area contributed by atoms with Crippen LogP contribution in [0.5, 0.6) is 23.0 Å². The smallest absolute Gasteiger partial charge is 0.151 e. The lowest BCUT2D eigenvalue weighted by Crippen LogP contribution is -2.15. The van der Waals surface area contributed by atoms with Crippen molar-refractivity contribution < 1.29 is 31.4 Å². The first-order valence-corrected chi connectivity index (χ1v) is 14.2. The summed E-state index contributed by atoms with van der Waals surface area (Å²) in [4.78, 5) is 2.73. The molecule has 0 saturated carbocycles. The van der Waals surface area contributed by atoms with Crippen molar-refractivity contribution in [1.29, 1.82) is 0 Å². The van der Waals surface area contributed by atoms with Gasteiger partial charge in [0.1, 0.15) is 0 Å². The van der Waals surface area contributed by atoms with Crippen LogP contribution in [-0.2, 0) is 0 Å². The van der Waals surface area contributed by atoms with Gasteiger partial charge in [-0.05, 0) is 105 Å². The molecule has 0 amide bonds. The van der Waals surface area contributed by atoms with E-state index in [0.29, 0.717) is 43.7 Å². The molecule has 0 spiro atoms. The van der Waals surface area contributed by atoms with Gasteiger partial charge in [0.05, 0.1) is 44.7 Å². The minimum absolute atomic E-state index is 0.148. The van der Waals surface area contributed by atoms with Crippen LogP contribution >= 0.6 is 0 Å². The molecule has 2 aliphatic heterocycles. The molecule has 0 fully saturated rings. The van der Waals surface area contributed by atoms with Crippen molar-refractivity contribution in [2.75, 3.05) is 9.80 Å². The van der Waals surface area contributed by atoms with Gasteiger partial charge in [-0.25, -0.2) is 0 Å². The van der Waals surface area contributed by atoms with Crippen LogP contribution < -0.4 is 19.3 Å². The third kappa shape index (κ3) is 3.61. The van der Waals surface area contributed by atoms with Gasteiger partial charge < -0.3 is 19.3 Å². The van der Waals surface area contributed by atoms with E-state index in [-0.39, 0.29) is 45.7 Å². The zero-order valence-electron chi connectivity index (χ0n) is 39.5. The molecular formula is C42H26N2O2. The number of ether oxygens (including phenoxy) is 2. The van der Waals surface area contributed by atoms with Crippen LogP contribution in [0.4, 0.5) is 34.1 Å². The molecule has 0 bridgehead atoms. The molecule has 10 rings (SSSR count). The van der Waals surface area contributed by atoms with Crippen LogP contribution in [0.3, 0.4) is 0 Å². The molecule has 2 aliphatic rings. The van der Waals surface area contributed by atoms with Gasteiger partial charge in [0.25, 0.3) is 0 Å². The van der Waals surface area contributed by atoms with E-state index in [1.54, 1.807) is 36.4 Å². The van der Waals surface area contributed by atoms with Gasteiger partial charge in [-0.3, -0.25) is 0 Å². The molecule has 8 aromatic carbocycles. The molecular weight excluding hydrogens is 564 g/mol. The Morgan fingerprint density at radius 2 is 0.696 bits per heavy atom. The number of anilines is 6. The summed E-state index contributed by atoms with van der Waals surface area (Å²) in [6.45, 7) is 0. The summed E-state index contributed by atoms with van der Waals surface area (Å²) in [6, 6.07) is 9.01. The van der Waals surface area contributed by atoms with E-state index in [1.165, 1.54) is 9.80 Å². The van der Waals surface area contributed by atoms with Crippen LogP contribution in [0.1, 0.15) is 21.9 Å². The lowest BCUT2D eigenvalue weighted by molar-refractivity contribution is 0.477. The summed E-state index contributed by atoms with van der Waals surface area (Å²) in [6.07, 6.45) is 0.